The molecular weight excluding hydrogens is 735 g/mol. The van der Waals surface area contributed by atoms with Crippen LogP contribution >= 0.6 is 0 Å². The van der Waals surface area contributed by atoms with Crippen LogP contribution in [0.2, 0.25) is 0 Å². The first-order chi connectivity index (χ1) is 30.0. The van der Waals surface area contributed by atoms with Gasteiger partial charge in [0.05, 0.1) is 11.1 Å². The van der Waals surface area contributed by atoms with Gasteiger partial charge < -0.3 is 4.90 Å². The zero-order chi connectivity index (χ0) is 40.5. The van der Waals surface area contributed by atoms with Crippen molar-refractivity contribution in [3.8, 4) is 44.5 Å². The molecule has 0 radical (unpaired) electrons. The minimum absolute atomic E-state index is 0.222. The van der Waals surface area contributed by atoms with Crippen molar-refractivity contribution in [2.45, 2.75) is 24.7 Å². The maximum Gasteiger partial charge on any atom is 0.0726 e. The molecule has 0 aromatic heterocycles. The molecule has 1 nitrogen and oxygen atoms in total. The Morgan fingerprint density at radius 3 is 1.59 bits per heavy atom. The Morgan fingerprint density at radius 2 is 0.869 bits per heavy atom. The predicted molar refractivity (Wildman–Crippen MR) is 255 cm³/mol. The number of hydrogen-bond acceptors (Lipinski definition) is 1. The quantitative estimate of drug-likeness (QED) is 0.172. The third-order valence-corrected chi connectivity index (χ3v) is 14.2. The van der Waals surface area contributed by atoms with E-state index in [-0.39, 0.29) is 5.41 Å². The van der Waals surface area contributed by atoms with Crippen molar-refractivity contribution in [3.63, 3.8) is 0 Å². The molecule has 0 N–H and O–H groups in total. The highest BCUT2D eigenvalue weighted by Gasteiger charge is 2.51. The largest absolute Gasteiger partial charge is 0.310 e. The molecule has 1 heteroatoms. The molecule has 3 aliphatic carbocycles. The second-order valence-electron chi connectivity index (χ2n) is 17.6. The van der Waals surface area contributed by atoms with E-state index in [1.54, 1.807) is 0 Å². The maximum atomic E-state index is 2.52. The van der Waals surface area contributed by atoms with Gasteiger partial charge in [0.25, 0.3) is 0 Å². The van der Waals surface area contributed by atoms with E-state index in [1.165, 1.54) is 105 Å². The second kappa shape index (κ2) is 12.5. The number of anilines is 3. The third-order valence-electron chi connectivity index (χ3n) is 14.2. The number of hydrogen-bond donors (Lipinski definition) is 0. The highest BCUT2D eigenvalue weighted by molar-refractivity contribution is 6.10. The zero-order valence-electron chi connectivity index (χ0n) is 34.2. The van der Waals surface area contributed by atoms with Crippen molar-refractivity contribution in [1.29, 1.82) is 0 Å². The van der Waals surface area contributed by atoms with E-state index in [1.807, 2.05) is 0 Å². The molecule has 0 bridgehead atoms. The summed E-state index contributed by atoms with van der Waals surface area (Å²) in [5.41, 5.74) is 21.2. The van der Waals surface area contributed by atoms with Crippen LogP contribution in [-0.2, 0) is 10.8 Å². The molecular formula is C60H41N. The van der Waals surface area contributed by atoms with Crippen LogP contribution in [0.3, 0.4) is 0 Å². The van der Waals surface area contributed by atoms with Crippen LogP contribution < -0.4 is 4.90 Å². The lowest BCUT2D eigenvalue weighted by Crippen LogP contribution is -2.26. The summed E-state index contributed by atoms with van der Waals surface area (Å²) in [7, 11) is 0. The predicted octanol–water partition coefficient (Wildman–Crippen LogP) is 15.8. The maximum absolute atomic E-state index is 2.52. The van der Waals surface area contributed by atoms with Gasteiger partial charge in [-0.25, -0.2) is 0 Å². The first-order valence-corrected chi connectivity index (χ1v) is 21.5. The van der Waals surface area contributed by atoms with Gasteiger partial charge in [0.15, 0.2) is 0 Å². The van der Waals surface area contributed by atoms with Gasteiger partial charge in [0.2, 0.25) is 0 Å². The molecule has 3 aliphatic rings. The van der Waals surface area contributed by atoms with Crippen LogP contribution in [0, 0.1) is 0 Å². The molecule has 0 amide bonds. The minimum atomic E-state index is -0.432. The lowest BCUT2D eigenvalue weighted by Gasteiger charge is -2.38. The Hall–Kier alpha value is -7.48. The highest BCUT2D eigenvalue weighted by Crippen LogP contribution is 2.64. The van der Waals surface area contributed by atoms with E-state index >= 15 is 0 Å². The molecule has 0 fully saturated rings. The van der Waals surface area contributed by atoms with Gasteiger partial charge in [0.1, 0.15) is 0 Å². The van der Waals surface area contributed by atoms with Crippen molar-refractivity contribution < 1.29 is 0 Å². The minimum Gasteiger partial charge on any atom is -0.310 e. The number of rotatable bonds is 4. The summed E-state index contributed by atoms with van der Waals surface area (Å²) in [5.74, 6) is 0. The molecule has 0 atom stereocenters. The molecule has 13 rings (SSSR count). The lowest BCUT2D eigenvalue weighted by atomic mass is 9.67. The summed E-state index contributed by atoms with van der Waals surface area (Å²) in [6.45, 7) is 4.81. The molecule has 0 saturated heterocycles. The van der Waals surface area contributed by atoms with Crippen molar-refractivity contribution in [3.05, 3.63) is 246 Å². The van der Waals surface area contributed by atoms with Gasteiger partial charge >= 0.3 is 0 Å². The smallest absolute Gasteiger partial charge is 0.0726 e. The van der Waals surface area contributed by atoms with E-state index in [0.717, 1.165) is 11.4 Å². The average molecular weight is 776 g/mol. The number of fused-ring (bicyclic) bond motifs is 13. The van der Waals surface area contributed by atoms with E-state index in [2.05, 4.69) is 231 Å². The number of benzene rings is 10. The standard InChI is InChI=1S/C60H41N/c1-59(2)53-26-14-17-39-30-34-56(58(57(39)53)49-32-29-42(36-54(49)59)41-28-27-38-15-6-7-16-40(38)35-41)61(43-18-4-3-5-19-43)44-31-33-48-47-22-10-13-25-52(47)60(55(48)37-44)50-23-11-8-20-45(50)46-21-9-12-24-51(46)60/h3-37H,1-2H3. The van der Waals surface area contributed by atoms with Crippen LogP contribution in [0.4, 0.5) is 17.1 Å². The lowest BCUT2D eigenvalue weighted by molar-refractivity contribution is 0.645. The van der Waals surface area contributed by atoms with Crippen LogP contribution in [0.25, 0.3) is 66.1 Å². The molecule has 10 aromatic carbocycles. The summed E-state index contributed by atoms with van der Waals surface area (Å²) in [5, 5.41) is 5.12. The van der Waals surface area contributed by atoms with Crippen molar-refractivity contribution >= 4 is 38.6 Å². The Labute approximate surface area is 356 Å². The van der Waals surface area contributed by atoms with Gasteiger partial charge in [-0.1, -0.05) is 184 Å². The van der Waals surface area contributed by atoms with Gasteiger partial charge in [-0.05, 0) is 136 Å². The van der Waals surface area contributed by atoms with E-state index in [4.69, 9.17) is 0 Å². The van der Waals surface area contributed by atoms with E-state index in [0.29, 0.717) is 0 Å². The summed E-state index contributed by atoms with van der Waals surface area (Å²) >= 11 is 0. The average Bonchev–Trinajstić information content (AvgIpc) is 3.78. The van der Waals surface area contributed by atoms with Crippen LogP contribution in [0.5, 0.6) is 0 Å². The van der Waals surface area contributed by atoms with Crippen molar-refractivity contribution in [2.75, 3.05) is 4.90 Å². The normalized spacial score (nSPS) is 14.3. The number of nitrogens with zero attached hydrogens (tertiary/aromatic N) is 1. The highest BCUT2D eigenvalue weighted by atomic mass is 15.1. The molecule has 286 valence electrons. The molecule has 61 heavy (non-hydrogen) atoms. The molecule has 0 saturated carbocycles. The van der Waals surface area contributed by atoms with Crippen LogP contribution in [0.15, 0.2) is 212 Å². The topological polar surface area (TPSA) is 3.24 Å². The Balaban J connectivity index is 1.07. The van der Waals surface area contributed by atoms with Gasteiger partial charge in [-0.15, -0.1) is 0 Å². The first kappa shape index (κ1) is 34.4. The summed E-state index contributed by atoms with van der Waals surface area (Å²) in [6, 6.07) is 79.8. The van der Waals surface area contributed by atoms with Crippen molar-refractivity contribution in [2.24, 2.45) is 0 Å². The fraction of sp³-hybridized carbons (Fsp3) is 0.0667. The molecule has 0 aliphatic heterocycles. The van der Waals surface area contributed by atoms with E-state index < -0.39 is 5.41 Å². The Kier molecular flexibility index (Phi) is 7.06. The van der Waals surface area contributed by atoms with Gasteiger partial charge in [-0.3, -0.25) is 0 Å². The van der Waals surface area contributed by atoms with Gasteiger partial charge in [-0.2, -0.15) is 0 Å². The monoisotopic (exact) mass is 775 g/mol. The second-order valence-corrected chi connectivity index (χ2v) is 17.6. The molecule has 0 unspecified atom stereocenters. The SMILES string of the molecule is CC1(C)c2cc(-c3ccc4ccccc4c3)ccc2-c2c(N(c3ccccc3)c3ccc4c(c3)C3(c5ccccc5-c5ccccc53)c3ccccc3-4)ccc3cccc1c23. The van der Waals surface area contributed by atoms with Crippen molar-refractivity contribution in [1.82, 2.24) is 0 Å². The molecule has 10 aromatic rings. The van der Waals surface area contributed by atoms with Crippen LogP contribution in [0.1, 0.15) is 47.2 Å². The summed E-state index contributed by atoms with van der Waals surface area (Å²) < 4.78 is 0. The fourth-order valence-electron chi connectivity index (χ4n) is 11.5. The number of para-hydroxylation sites is 1. The Bertz CT molecular complexity index is 3400. The first-order valence-electron chi connectivity index (χ1n) is 21.5. The third kappa shape index (κ3) is 4.61. The Morgan fingerprint density at radius 1 is 0.328 bits per heavy atom. The zero-order valence-corrected chi connectivity index (χ0v) is 34.2. The van der Waals surface area contributed by atoms with Crippen LogP contribution in [-0.4, -0.2) is 0 Å². The fourth-order valence-corrected chi connectivity index (χ4v) is 11.5. The molecule has 0 heterocycles. The van der Waals surface area contributed by atoms with E-state index in [9.17, 15) is 0 Å². The van der Waals surface area contributed by atoms with Gasteiger partial charge in [0, 0.05) is 22.4 Å². The summed E-state index contributed by atoms with van der Waals surface area (Å²) in [6.07, 6.45) is 0. The summed E-state index contributed by atoms with van der Waals surface area (Å²) in [4.78, 5) is 2.52. The molecule has 1 spiro atoms.